The lowest BCUT2D eigenvalue weighted by Gasteiger charge is -2.25. The Labute approximate surface area is 188 Å². The van der Waals surface area contributed by atoms with Crippen LogP contribution >= 0.6 is 0 Å². The molecular formula is C30H46. The van der Waals surface area contributed by atoms with Crippen molar-refractivity contribution in [2.75, 3.05) is 0 Å². The highest BCUT2D eigenvalue weighted by atomic mass is 14.2. The first kappa shape index (κ1) is 27.9. The van der Waals surface area contributed by atoms with Crippen LogP contribution in [0.4, 0.5) is 0 Å². The van der Waals surface area contributed by atoms with E-state index in [0.717, 1.165) is 12.0 Å². The van der Waals surface area contributed by atoms with E-state index in [9.17, 15) is 0 Å². The molecule has 1 aliphatic carbocycles. The van der Waals surface area contributed by atoms with Crippen LogP contribution in [0, 0.1) is 0 Å². The summed E-state index contributed by atoms with van der Waals surface area (Å²) in [6, 6.07) is 4.85. The summed E-state index contributed by atoms with van der Waals surface area (Å²) in [5.74, 6) is 0.537. The summed E-state index contributed by atoms with van der Waals surface area (Å²) in [5.41, 5.74) is 8.43. The minimum absolute atomic E-state index is 0.537. The Morgan fingerprint density at radius 1 is 1.17 bits per heavy atom. The van der Waals surface area contributed by atoms with E-state index in [1.165, 1.54) is 72.8 Å². The van der Waals surface area contributed by atoms with Gasteiger partial charge in [0.25, 0.3) is 0 Å². The molecule has 0 spiro atoms. The first-order valence-electron chi connectivity index (χ1n) is 11.8. The third kappa shape index (κ3) is 9.61. The molecule has 1 unspecified atom stereocenters. The smallest absolute Gasteiger partial charge is 0.00294 e. The molecule has 0 saturated heterocycles. The van der Waals surface area contributed by atoms with Crippen LogP contribution in [0.2, 0.25) is 0 Å². The zero-order chi connectivity index (χ0) is 22.9. The average Bonchev–Trinajstić information content (AvgIpc) is 2.76. The minimum Gasteiger partial charge on any atom is -0.106 e. The lowest BCUT2D eigenvalue weighted by atomic mass is 9.80. The molecular weight excluding hydrogens is 360 g/mol. The number of hydrogen-bond acceptors (Lipinski definition) is 0. The average molecular weight is 407 g/mol. The second kappa shape index (κ2) is 16.7. The summed E-state index contributed by atoms with van der Waals surface area (Å²) >= 11 is 0. The Morgan fingerprint density at radius 3 is 2.43 bits per heavy atom. The van der Waals surface area contributed by atoms with Gasteiger partial charge in [0.05, 0.1) is 0 Å². The van der Waals surface area contributed by atoms with Gasteiger partial charge in [0.15, 0.2) is 0 Å². The molecule has 0 bridgehead atoms. The molecule has 0 heteroatoms. The van der Waals surface area contributed by atoms with Gasteiger partial charge in [-0.3, -0.25) is 0 Å². The fourth-order valence-corrected chi connectivity index (χ4v) is 4.05. The SMILES string of the molecule is C=C.C=Cc1cc(CCCCC)cc(C/C=C/C(=C)C)c1C1C=C(C)CCC1.CC. The van der Waals surface area contributed by atoms with Crippen LogP contribution in [0.3, 0.4) is 0 Å². The van der Waals surface area contributed by atoms with E-state index in [4.69, 9.17) is 0 Å². The van der Waals surface area contributed by atoms with Crippen LogP contribution in [0.5, 0.6) is 0 Å². The number of rotatable bonds is 9. The third-order valence-electron chi connectivity index (χ3n) is 5.33. The fourth-order valence-electron chi connectivity index (χ4n) is 4.05. The van der Waals surface area contributed by atoms with Crippen molar-refractivity contribution < 1.29 is 0 Å². The number of hydrogen-bond donors (Lipinski definition) is 0. The molecule has 0 nitrogen and oxygen atoms in total. The maximum absolute atomic E-state index is 4.14. The van der Waals surface area contributed by atoms with Crippen molar-refractivity contribution in [3.05, 3.63) is 90.1 Å². The van der Waals surface area contributed by atoms with E-state index >= 15 is 0 Å². The summed E-state index contributed by atoms with van der Waals surface area (Å²) in [7, 11) is 0. The van der Waals surface area contributed by atoms with Gasteiger partial charge in [-0.15, -0.1) is 13.2 Å². The maximum atomic E-state index is 4.14. The number of allylic oxidation sites excluding steroid dienone is 5. The molecule has 1 aliphatic rings. The monoisotopic (exact) mass is 406 g/mol. The van der Waals surface area contributed by atoms with E-state index in [0.29, 0.717) is 5.92 Å². The van der Waals surface area contributed by atoms with Gasteiger partial charge in [-0.25, -0.2) is 0 Å². The number of benzene rings is 1. The minimum atomic E-state index is 0.537. The fraction of sp³-hybridized carbons (Fsp3) is 0.467. The maximum Gasteiger partial charge on any atom is 0.00294 e. The molecule has 0 radical (unpaired) electrons. The zero-order valence-corrected chi connectivity index (χ0v) is 20.5. The first-order chi connectivity index (χ1) is 14.5. The van der Waals surface area contributed by atoms with Crippen molar-refractivity contribution in [1.29, 1.82) is 0 Å². The Hall–Kier alpha value is -2.08. The molecule has 1 atom stereocenters. The summed E-state index contributed by atoms with van der Waals surface area (Å²) in [5, 5.41) is 0. The van der Waals surface area contributed by atoms with Crippen LogP contribution < -0.4 is 0 Å². The van der Waals surface area contributed by atoms with Crippen molar-refractivity contribution in [3.8, 4) is 0 Å². The molecule has 1 aromatic carbocycles. The zero-order valence-electron chi connectivity index (χ0n) is 20.5. The van der Waals surface area contributed by atoms with Crippen molar-refractivity contribution in [1.82, 2.24) is 0 Å². The topological polar surface area (TPSA) is 0 Å². The molecule has 1 aromatic rings. The van der Waals surface area contributed by atoms with Crippen molar-refractivity contribution in [3.63, 3.8) is 0 Å². The molecule has 0 aromatic heterocycles. The van der Waals surface area contributed by atoms with Gasteiger partial charge >= 0.3 is 0 Å². The Bertz CT molecular complexity index is 699. The van der Waals surface area contributed by atoms with E-state index in [1.807, 2.05) is 13.8 Å². The van der Waals surface area contributed by atoms with Crippen LogP contribution in [0.25, 0.3) is 6.08 Å². The Balaban J connectivity index is 0.00000198. The summed E-state index contributed by atoms with van der Waals surface area (Å²) in [4.78, 5) is 0. The molecule has 166 valence electrons. The van der Waals surface area contributed by atoms with Gasteiger partial charge in [0.2, 0.25) is 0 Å². The molecule has 30 heavy (non-hydrogen) atoms. The third-order valence-corrected chi connectivity index (χ3v) is 5.33. The van der Waals surface area contributed by atoms with E-state index in [-0.39, 0.29) is 0 Å². The van der Waals surface area contributed by atoms with Gasteiger partial charge < -0.3 is 0 Å². The molecule has 2 rings (SSSR count). The number of unbranched alkanes of at least 4 members (excludes halogenated alkanes) is 2. The second-order valence-electron chi connectivity index (χ2n) is 7.88. The standard InChI is InChI=1S/C26H36.C2H6.C2H4/c1-6-8-9-14-22-18-23(7-2)26(24-16-11-13-21(5)17-24)25(19-22)15-10-12-20(3)4;2*1-2/h7,10,12,17-19,24H,2-3,6,8-9,11,13-16H2,1,4-5H3;1-2H3;1-2H2/b12-10+;;. The predicted molar refractivity (Wildman–Crippen MR) is 140 cm³/mol. The van der Waals surface area contributed by atoms with E-state index < -0.39 is 0 Å². The lowest BCUT2D eigenvalue weighted by molar-refractivity contribution is 0.629. The van der Waals surface area contributed by atoms with Crippen LogP contribution in [-0.2, 0) is 12.8 Å². The highest BCUT2D eigenvalue weighted by Crippen LogP contribution is 2.36. The molecule has 0 aliphatic heterocycles. The van der Waals surface area contributed by atoms with Gasteiger partial charge in [0.1, 0.15) is 0 Å². The van der Waals surface area contributed by atoms with Crippen LogP contribution in [0.1, 0.15) is 101 Å². The van der Waals surface area contributed by atoms with Crippen LogP contribution in [0.15, 0.2) is 67.8 Å². The van der Waals surface area contributed by atoms with Crippen molar-refractivity contribution >= 4 is 6.08 Å². The quantitative estimate of drug-likeness (QED) is 0.217. The summed E-state index contributed by atoms with van der Waals surface area (Å²) in [6.07, 6.45) is 18.8. The van der Waals surface area contributed by atoms with Crippen molar-refractivity contribution in [2.24, 2.45) is 0 Å². The number of aryl methyl sites for hydroxylation is 1. The molecule has 0 saturated carbocycles. The van der Waals surface area contributed by atoms with Crippen LogP contribution in [-0.4, -0.2) is 0 Å². The van der Waals surface area contributed by atoms with Gasteiger partial charge in [0, 0.05) is 5.92 Å². The Kier molecular flexibility index (Phi) is 15.5. The normalized spacial score (nSPS) is 15.4. The van der Waals surface area contributed by atoms with E-state index in [1.54, 1.807) is 0 Å². The molecule has 0 fully saturated rings. The highest BCUT2D eigenvalue weighted by Gasteiger charge is 2.19. The van der Waals surface area contributed by atoms with Crippen molar-refractivity contribution in [2.45, 2.75) is 91.9 Å². The lowest BCUT2D eigenvalue weighted by Crippen LogP contribution is -2.08. The van der Waals surface area contributed by atoms with Gasteiger partial charge in [-0.05, 0) is 74.6 Å². The highest BCUT2D eigenvalue weighted by molar-refractivity contribution is 5.59. The van der Waals surface area contributed by atoms with E-state index in [2.05, 4.69) is 83.5 Å². The molecule has 0 amide bonds. The van der Waals surface area contributed by atoms with Gasteiger partial charge in [-0.2, -0.15) is 0 Å². The first-order valence-corrected chi connectivity index (χ1v) is 11.8. The summed E-state index contributed by atoms with van der Waals surface area (Å²) in [6.45, 7) is 24.7. The summed E-state index contributed by atoms with van der Waals surface area (Å²) < 4.78 is 0. The molecule has 0 heterocycles. The second-order valence-corrected chi connectivity index (χ2v) is 7.88. The predicted octanol–water partition coefficient (Wildman–Crippen LogP) is 9.78. The molecule has 0 N–H and O–H groups in total. The largest absolute Gasteiger partial charge is 0.106 e. The van der Waals surface area contributed by atoms with Gasteiger partial charge in [-0.1, -0.05) is 94.4 Å². The Morgan fingerprint density at radius 2 is 1.87 bits per heavy atom.